The van der Waals surface area contributed by atoms with Crippen molar-refractivity contribution in [3.8, 4) is 0 Å². The van der Waals surface area contributed by atoms with Crippen molar-refractivity contribution in [1.29, 1.82) is 0 Å². The Labute approximate surface area is 136 Å². The lowest BCUT2D eigenvalue weighted by Crippen LogP contribution is -2.06. The van der Waals surface area contributed by atoms with Crippen molar-refractivity contribution < 1.29 is 23.5 Å². The van der Waals surface area contributed by atoms with Crippen LogP contribution in [0.3, 0.4) is 0 Å². The molecule has 7 heteroatoms. The van der Waals surface area contributed by atoms with Crippen LogP contribution in [0, 0.1) is 6.92 Å². The molecule has 1 heterocycles. The third kappa shape index (κ3) is 3.43. The molecule has 0 fully saturated rings. The van der Waals surface area contributed by atoms with Crippen LogP contribution in [0.15, 0.2) is 28.7 Å². The molecule has 2 rings (SSSR count). The Bertz CT molecular complexity index is 700. The first-order valence-electron chi connectivity index (χ1n) is 6.22. The van der Waals surface area contributed by atoms with E-state index in [2.05, 4.69) is 4.74 Å². The first-order chi connectivity index (χ1) is 10.4. The van der Waals surface area contributed by atoms with Crippen LogP contribution in [-0.2, 0) is 16.1 Å². The molecular formula is C15H12Cl2O5. The average Bonchev–Trinajstić information content (AvgIpc) is 2.85. The Morgan fingerprint density at radius 2 is 1.82 bits per heavy atom. The van der Waals surface area contributed by atoms with Crippen LogP contribution in [0.2, 0.25) is 10.0 Å². The fourth-order valence-electron chi connectivity index (χ4n) is 1.83. The molecule has 0 atom stereocenters. The summed E-state index contributed by atoms with van der Waals surface area (Å²) in [5, 5.41) is 0.395. The van der Waals surface area contributed by atoms with Gasteiger partial charge in [0, 0.05) is 0 Å². The molecule has 1 aromatic carbocycles. The van der Waals surface area contributed by atoms with E-state index in [4.69, 9.17) is 32.4 Å². The van der Waals surface area contributed by atoms with E-state index in [-0.39, 0.29) is 27.8 Å². The van der Waals surface area contributed by atoms with Gasteiger partial charge in [0.25, 0.3) is 0 Å². The Balaban J connectivity index is 2.10. The predicted octanol–water partition coefficient (Wildman–Crippen LogP) is 4.04. The molecule has 0 saturated carbocycles. The summed E-state index contributed by atoms with van der Waals surface area (Å²) in [6.07, 6.45) is 0. The summed E-state index contributed by atoms with van der Waals surface area (Å²) in [5.41, 5.74) is 0.367. The maximum atomic E-state index is 12.0. The van der Waals surface area contributed by atoms with Gasteiger partial charge in [0.05, 0.1) is 22.7 Å². The number of rotatable bonds is 4. The number of ether oxygens (including phenoxy) is 2. The first-order valence-corrected chi connectivity index (χ1v) is 6.98. The third-order valence-electron chi connectivity index (χ3n) is 2.89. The molecule has 0 saturated heterocycles. The van der Waals surface area contributed by atoms with Gasteiger partial charge in [0.15, 0.2) is 0 Å². The summed E-state index contributed by atoms with van der Waals surface area (Å²) in [7, 11) is 1.27. The smallest absolute Gasteiger partial charge is 0.341 e. The SMILES string of the molecule is COC(=O)c1cc(COC(=O)c2c(Cl)cccc2Cl)oc1C. The second kappa shape index (κ2) is 6.85. The molecule has 0 aliphatic rings. The van der Waals surface area contributed by atoms with Crippen LogP contribution in [0.1, 0.15) is 32.2 Å². The van der Waals surface area contributed by atoms with Gasteiger partial charge in [-0.15, -0.1) is 0 Å². The minimum atomic E-state index is -0.677. The fraction of sp³-hybridized carbons (Fsp3) is 0.200. The number of esters is 2. The van der Waals surface area contributed by atoms with Crippen molar-refractivity contribution in [2.75, 3.05) is 7.11 Å². The van der Waals surface area contributed by atoms with Crippen molar-refractivity contribution in [2.24, 2.45) is 0 Å². The minimum absolute atomic E-state index is 0.0855. The minimum Gasteiger partial charge on any atom is -0.465 e. The maximum Gasteiger partial charge on any atom is 0.341 e. The summed E-state index contributed by atoms with van der Waals surface area (Å²) in [5.74, 6) is -0.500. The number of hydrogen-bond donors (Lipinski definition) is 0. The quantitative estimate of drug-likeness (QED) is 0.784. The van der Waals surface area contributed by atoms with Crippen molar-refractivity contribution in [3.05, 3.63) is 57.0 Å². The second-order valence-electron chi connectivity index (χ2n) is 4.35. The van der Waals surface area contributed by atoms with E-state index in [9.17, 15) is 9.59 Å². The molecule has 0 bridgehead atoms. The molecule has 0 unspecified atom stereocenters. The van der Waals surface area contributed by atoms with E-state index < -0.39 is 11.9 Å². The fourth-order valence-corrected chi connectivity index (χ4v) is 2.38. The van der Waals surface area contributed by atoms with Gasteiger partial charge in [-0.05, 0) is 25.1 Å². The van der Waals surface area contributed by atoms with Crippen LogP contribution >= 0.6 is 23.2 Å². The van der Waals surface area contributed by atoms with Gasteiger partial charge in [-0.2, -0.15) is 0 Å². The zero-order chi connectivity index (χ0) is 16.3. The van der Waals surface area contributed by atoms with Crippen molar-refractivity contribution in [2.45, 2.75) is 13.5 Å². The number of hydrogen-bond acceptors (Lipinski definition) is 5. The van der Waals surface area contributed by atoms with Crippen LogP contribution in [-0.4, -0.2) is 19.0 Å². The average molecular weight is 343 g/mol. The van der Waals surface area contributed by atoms with Gasteiger partial charge >= 0.3 is 11.9 Å². The van der Waals surface area contributed by atoms with E-state index in [1.54, 1.807) is 13.0 Å². The Hall–Kier alpha value is -1.98. The number of furan rings is 1. The van der Waals surface area contributed by atoms with Gasteiger partial charge in [-0.1, -0.05) is 29.3 Å². The van der Waals surface area contributed by atoms with Crippen molar-refractivity contribution in [1.82, 2.24) is 0 Å². The monoisotopic (exact) mass is 342 g/mol. The number of benzene rings is 1. The van der Waals surface area contributed by atoms with E-state index in [1.807, 2.05) is 0 Å². The Kier molecular flexibility index (Phi) is 5.11. The maximum absolute atomic E-state index is 12.0. The number of aryl methyl sites for hydroxylation is 1. The van der Waals surface area contributed by atoms with Gasteiger partial charge < -0.3 is 13.9 Å². The molecule has 0 aliphatic carbocycles. The number of carbonyl (C=O) groups excluding carboxylic acids is 2. The standard InChI is InChI=1S/C15H12Cl2O5/c1-8-10(14(18)20-2)6-9(22-8)7-21-15(19)13-11(16)4-3-5-12(13)17/h3-6H,7H2,1-2H3. The van der Waals surface area contributed by atoms with Crippen LogP contribution < -0.4 is 0 Å². The van der Waals surface area contributed by atoms with Gasteiger partial charge in [-0.3, -0.25) is 0 Å². The third-order valence-corrected chi connectivity index (χ3v) is 3.52. The lowest BCUT2D eigenvalue weighted by molar-refractivity contribution is 0.0444. The summed E-state index contributed by atoms with van der Waals surface area (Å²) in [6, 6.07) is 6.16. The van der Waals surface area contributed by atoms with Crippen LogP contribution in [0.25, 0.3) is 0 Å². The van der Waals surface area contributed by atoms with E-state index in [0.29, 0.717) is 11.5 Å². The van der Waals surface area contributed by atoms with E-state index in [0.717, 1.165) is 0 Å². The number of carbonyl (C=O) groups is 2. The molecule has 2 aromatic rings. The number of halogens is 2. The van der Waals surface area contributed by atoms with Crippen molar-refractivity contribution >= 4 is 35.1 Å². The first kappa shape index (κ1) is 16.4. The van der Waals surface area contributed by atoms with Gasteiger partial charge in [0.2, 0.25) is 0 Å². The van der Waals surface area contributed by atoms with Crippen LogP contribution in [0.5, 0.6) is 0 Å². The lowest BCUT2D eigenvalue weighted by atomic mass is 10.2. The summed E-state index contributed by atoms with van der Waals surface area (Å²) in [4.78, 5) is 23.5. The largest absolute Gasteiger partial charge is 0.465 e. The van der Waals surface area contributed by atoms with Gasteiger partial charge in [-0.25, -0.2) is 9.59 Å². The highest BCUT2D eigenvalue weighted by atomic mass is 35.5. The molecule has 0 amide bonds. The highest BCUT2D eigenvalue weighted by Gasteiger charge is 2.19. The predicted molar refractivity (Wildman–Crippen MR) is 80.4 cm³/mol. The topological polar surface area (TPSA) is 65.7 Å². The Morgan fingerprint density at radius 3 is 2.41 bits per heavy atom. The Morgan fingerprint density at radius 1 is 1.18 bits per heavy atom. The molecule has 1 aromatic heterocycles. The summed E-state index contributed by atoms with van der Waals surface area (Å²) in [6.45, 7) is 1.46. The molecule has 0 aliphatic heterocycles. The summed E-state index contributed by atoms with van der Waals surface area (Å²) >= 11 is 11.9. The van der Waals surface area contributed by atoms with E-state index in [1.165, 1.54) is 25.3 Å². The highest BCUT2D eigenvalue weighted by Crippen LogP contribution is 2.25. The molecular weight excluding hydrogens is 331 g/mol. The molecule has 0 N–H and O–H groups in total. The molecule has 116 valence electrons. The lowest BCUT2D eigenvalue weighted by Gasteiger charge is -2.06. The molecule has 0 radical (unpaired) electrons. The zero-order valence-corrected chi connectivity index (χ0v) is 13.3. The summed E-state index contributed by atoms with van der Waals surface area (Å²) < 4.78 is 15.1. The normalized spacial score (nSPS) is 10.4. The van der Waals surface area contributed by atoms with E-state index >= 15 is 0 Å². The number of methoxy groups -OCH3 is 1. The van der Waals surface area contributed by atoms with Gasteiger partial charge in [0.1, 0.15) is 23.7 Å². The molecule has 22 heavy (non-hydrogen) atoms. The second-order valence-corrected chi connectivity index (χ2v) is 5.16. The molecule has 0 spiro atoms. The molecule has 5 nitrogen and oxygen atoms in total. The van der Waals surface area contributed by atoms with Crippen molar-refractivity contribution in [3.63, 3.8) is 0 Å². The highest BCUT2D eigenvalue weighted by molar-refractivity contribution is 6.39. The zero-order valence-electron chi connectivity index (χ0n) is 11.8. The van der Waals surface area contributed by atoms with Crippen LogP contribution in [0.4, 0.5) is 0 Å².